The van der Waals surface area contributed by atoms with E-state index >= 15 is 0 Å². The number of primary amides is 1. The van der Waals surface area contributed by atoms with Crippen molar-refractivity contribution in [1.29, 1.82) is 0 Å². The molecule has 1 atom stereocenters. The van der Waals surface area contributed by atoms with E-state index in [2.05, 4.69) is 5.32 Å². The quantitative estimate of drug-likeness (QED) is 0.503. The first-order chi connectivity index (χ1) is 15.3. The van der Waals surface area contributed by atoms with E-state index < -0.39 is 28.7 Å². The second kappa shape index (κ2) is 8.58. The van der Waals surface area contributed by atoms with Crippen LogP contribution < -0.4 is 20.7 Å². The molecular formula is C21H22N4O6S. The Balaban J connectivity index is 1.63. The smallest absolute Gasteiger partial charge is 0.271 e. The molecule has 2 heterocycles. The lowest BCUT2D eigenvalue weighted by atomic mass is 9.95. The molecule has 0 radical (unpaired) electrons. The summed E-state index contributed by atoms with van der Waals surface area (Å²) in [6, 6.07) is 3.92. The van der Waals surface area contributed by atoms with Gasteiger partial charge in [-0.2, -0.15) is 0 Å². The van der Waals surface area contributed by atoms with E-state index in [-0.39, 0.29) is 17.9 Å². The number of rotatable bonds is 6. The maximum Gasteiger partial charge on any atom is 0.271 e. The maximum absolute atomic E-state index is 12.9. The summed E-state index contributed by atoms with van der Waals surface area (Å²) in [6.07, 6.45) is 3.09. The molecule has 2 aliphatic rings. The number of benzene rings is 1. The first-order valence-electron chi connectivity index (χ1n) is 10.3. The molecule has 1 aromatic heterocycles. The third kappa shape index (κ3) is 3.91. The molecule has 10 nitrogen and oxygen atoms in total. The van der Waals surface area contributed by atoms with Crippen molar-refractivity contribution in [2.75, 3.05) is 16.8 Å². The van der Waals surface area contributed by atoms with Gasteiger partial charge in [-0.15, -0.1) is 11.3 Å². The van der Waals surface area contributed by atoms with E-state index in [1.165, 1.54) is 34.4 Å². The minimum Gasteiger partial charge on any atom is -0.478 e. The van der Waals surface area contributed by atoms with Crippen molar-refractivity contribution < 1.29 is 24.0 Å². The Morgan fingerprint density at radius 1 is 1.34 bits per heavy atom. The lowest BCUT2D eigenvalue weighted by Crippen LogP contribution is -2.48. The number of nitrogens with two attached hydrogens (primary N) is 1. The van der Waals surface area contributed by atoms with Crippen molar-refractivity contribution in [3.63, 3.8) is 0 Å². The number of nitrogens with zero attached hydrogens (tertiary/aromatic N) is 2. The first-order valence-corrected chi connectivity index (χ1v) is 11.1. The summed E-state index contributed by atoms with van der Waals surface area (Å²) >= 11 is 1.33. The molecule has 0 bridgehead atoms. The largest absolute Gasteiger partial charge is 0.478 e. The van der Waals surface area contributed by atoms with E-state index in [0.29, 0.717) is 22.7 Å². The fourth-order valence-electron chi connectivity index (χ4n) is 4.07. The Morgan fingerprint density at radius 3 is 2.78 bits per heavy atom. The van der Waals surface area contributed by atoms with Gasteiger partial charge in [-0.3, -0.25) is 29.4 Å². The zero-order valence-corrected chi connectivity index (χ0v) is 18.2. The predicted octanol–water partition coefficient (Wildman–Crippen LogP) is 2.78. The molecule has 1 aliphatic carbocycles. The van der Waals surface area contributed by atoms with Gasteiger partial charge in [-0.1, -0.05) is 6.92 Å². The van der Waals surface area contributed by atoms with Gasteiger partial charge in [0.15, 0.2) is 6.10 Å². The maximum atomic E-state index is 12.9. The highest BCUT2D eigenvalue weighted by molar-refractivity contribution is 7.17. The van der Waals surface area contributed by atoms with Crippen LogP contribution in [0.25, 0.3) is 0 Å². The summed E-state index contributed by atoms with van der Waals surface area (Å²) in [5.41, 5.74) is 6.73. The standard InChI is InChI=1S/C21H22N4O6S/c1-2-14-21(28)24(13-9-11(25(29)30)7-8-15(13)31-14)10-17(26)23-20-18(19(22)27)12-5-3-4-6-16(12)32-20/h7-9,14H,2-6,10H2,1H3,(H2,22,27)(H,23,26). The minimum absolute atomic E-state index is 0.157. The van der Waals surface area contributed by atoms with Gasteiger partial charge >= 0.3 is 0 Å². The van der Waals surface area contributed by atoms with Crippen molar-refractivity contribution in [3.05, 3.63) is 44.3 Å². The molecule has 1 unspecified atom stereocenters. The average Bonchev–Trinajstić information content (AvgIpc) is 3.12. The number of carbonyl (C=O) groups is 3. The van der Waals surface area contributed by atoms with E-state index in [1.54, 1.807) is 6.92 Å². The number of aryl methyl sites for hydroxylation is 1. The topological polar surface area (TPSA) is 145 Å². The second-order valence-electron chi connectivity index (χ2n) is 7.68. The van der Waals surface area contributed by atoms with Crippen LogP contribution in [0.15, 0.2) is 18.2 Å². The van der Waals surface area contributed by atoms with Gasteiger partial charge in [0.25, 0.3) is 17.5 Å². The second-order valence-corrected chi connectivity index (χ2v) is 8.78. The molecule has 1 aliphatic heterocycles. The van der Waals surface area contributed by atoms with E-state index in [9.17, 15) is 24.5 Å². The Kier molecular flexibility index (Phi) is 5.83. The number of amides is 3. The fraction of sp³-hybridized carbons (Fsp3) is 0.381. The Hall–Kier alpha value is -3.47. The van der Waals surface area contributed by atoms with E-state index in [1.807, 2.05) is 0 Å². The summed E-state index contributed by atoms with van der Waals surface area (Å²) in [6.45, 7) is 1.39. The lowest BCUT2D eigenvalue weighted by molar-refractivity contribution is -0.384. The van der Waals surface area contributed by atoms with Crippen LogP contribution in [-0.2, 0) is 22.4 Å². The van der Waals surface area contributed by atoms with Crippen LogP contribution in [0.5, 0.6) is 5.75 Å². The number of non-ortho nitro benzene ring substituents is 1. The molecule has 0 saturated carbocycles. The van der Waals surface area contributed by atoms with Crippen LogP contribution in [0, 0.1) is 10.1 Å². The normalized spacial score (nSPS) is 17.2. The van der Waals surface area contributed by atoms with Gasteiger partial charge in [-0.05, 0) is 43.7 Å². The number of nitro groups is 1. The zero-order valence-electron chi connectivity index (χ0n) is 17.4. The Bertz CT molecular complexity index is 1130. The van der Waals surface area contributed by atoms with Gasteiger partial charge < -0.3 is 15.8 Å². The van der Waals surface area contributed by atoms with Crippen LogP contribution in [0.3, 0.4) is 0 Å². The monoisotopic (exact) mass is 458 g/mol. The number of anilines is 2. The number of hydrogen-bond acceptors (Lipinski definition) is 7. The van der Waals surface area contributed by atoms with Crippen molar-refractivity contribution in [2.45, 2.75) is 45.1 Å². The van der Waals surface area contributed by atoms with Crippen LogP contribution in [0.1, 0.15) is 47.0 Å². The Morgan fingerprint density at radius 2 is 2.09 bits per heavy atom. The van der Waals surface area contributed by atoms with Crippen molar-refractivity contribution >= 4 is 45.4 Å². The number of nitrogens with one attached hydrogen (secondary N) is 1. The summed E-state index contributed by atoms with van der Waals surface area (Å²) in [5, 5.41) is 14.3. The van der Waals surface area contributed by atoms with Crippen molar-refractivity contribution in [2.24, 2.45) is 5.73 Å². The van der Waals surface area contributed by atoms with Crippen molar-refractivity contribution in [1.82, 2.24) is 0 Å². The van der Waals surface area contributed by atoms with Crippen LogP contribution >= 0.6 is 11.3 Å². The van der Waals surface area contributed by atoms with E-state index in [0.717, 1.165) is 36.1 Å². The highest BCUT2D eigenvalue weighted by Gasteiger charge is 2.36. The van der Waals surface area contributed by atoms with Crippen molar-refractivity contribution in [3.8, 4) is 5.75 Å². The molecule has 4 rings (SSSR count). The summed E-state index contributed by atoms with van der Waals surface area (Å²) < 4.78 is 5.66. The first kappa shape index (κ1) is 21.8. The molecule has 3 amide bonds. The zero-order chi connectivity index (χ0) is 23.0. The highest BCUT2D eigenvalue weighted by atomic mass is 32.1. The van der Waals surface area contributed by atoms with Gasteiger partial charge in [0.2, 0.25) is 5.91 Å². The molecule has 0 saturated heterocycles. The fourth-order valence-corrected chi connectivity index (χ4v) is 5.38. The minimum atomic E-state index is -0.799. The number of carbonyl (C=O) groups excluding carboxylic acids is 3. The summed E-state index contributed by atoms with van der Waals surface area (Å²) in [4.78, 5) is 50.7. The average molecular weight is 458 g/mol. The molecular weight excluding hydrogens is 436 g/mol. The molecule has 168 valence electrons. The molecule has 3 N–H and O–H groups in total. The third-order valence-electron chi connectivity index (χ3n) is 5.60. The molecule has 32 heavy (non-hydrogen) atoms. The van der Waals surface area contributed by atoms with Gasteiger partial charge in [-0.25, -0.2) is 0 Å². The molecule has 11 heteroatoms. The van der Waals surface area contributed by atoms with Crippen LogP contribution in [0.2, 0.25) is 0 Å². The summed E-state index contributed by atoms with van der Waals surface area (Å²) in [5.74, 6) is -1.31. The Labute approximate surface area is 187 Å². The number of ether oxygens (including phenoxy) is 1. The number of fused-ring (bicyclic) bond motifs is 2. The van der Waals surface area contributed by atoms with Crippen LogP contribution in [-0.4, -0.2) is 35.3 Å². The number of nitro benzene ring substituents is 1. The van der Waals surface area contributed by atoms with E-state index in [4.69, 9.17) is 10.5 Å². The summed E-state index contributed by atoms with van der Waals surface area (Å²) in [7, 11) is 0. The highest BCUT2D eigenvalue weighted by Crippen LogP contribution is 2.39. The SMILES string of the molecule is CCC1Oc2ccc([N+](=O)[O-])cc2N(CC(=O)Nc2sc3c(c2C(N)=O)CCCC3)C1=O. The lowest BCUT2D eigenvalue weighted by Gasteiger charge is -2.33. The molecule has 1 aromatic carbocycles. The molecule has 2 aromatic rings. The van der Waals surface area contributed by atoms with Gasteiger partial charge in [0.05, 0.1) is 16.2 Å². The predicted molar refractivity (Wildman–Crippen MR) is 118 cm³/mol. The van der Waals surface area contributed by atoms with Crippen LogP contribution in [0.4, 0.5) is 16.4 Å². The van der Waals surface area contributed by atoms with Gasteiger partial charge in [0, 0.05) is 17.0 Å². The molecule has 0 spiro atoms. The third-order valence-corrected chi connectivity index (χ3v) is 6.81. The number of thiophene rings is 1. The number of hydrogen-bond donors (Lipinski definition) is 2. The van der Waals surface area contributed by atoms with Gasteiger partial charge in [0.1, 0.15) is 17.3 Å². The molecule has 0 fully saturated rings.